The monoisotopic (exact) mass is 210 g/mol. The molecule has 1 aliphatic rings. The Hall–Kier alpha value is -0.770. The maximum atomic E-state index is 11.4. The summed E-state index contributed by atoms with van der Waals surface area (Å²) < 4.78 is 1.74. The fourth-order valence-electron chi connectivity index (χ4n) is 1.97. The Morgan fingerprint density at radius 2 is 2.14 bits per heavy atom. The Morgan fingerprint density at radius 1 is 1.43 bits per heavy atom. The smallest absolute Gasteiger partial charge is 0.178 e. The molecule has 4 heteroatoms. The molecule has 0 amide bonds. The van der Waals surface area contributed by atoms with Crippen LogP contribution in [0.15, 0.2) is 0 Å². The van der Waals surface area contributed by atoms with Gasteiger partial charge in [-0.3, -0.25) is 9.48 Å². The summed E-state index contributed by atoms with van der Waals surface area (Å²) in [7, 11) is 1.86. The van der Waals surface area contributed by atoms with E-state index in [1.807, 2.05) is 18.8 Å². The molecule has 76 valence electrons. The van der Waals surface area contributed by atoms with E-state index in [2.05, 4.69) is 5.10 Å². The lowest BCUT2D eigenvalue weighted by Gasteiger charge is -2.00. The van der Waals surface area contributed by atoms with Gasteiger partial charge in [-0.25, -0.2) is 0 Å². The second-order valence-electron chi connectivity index (χ2n) is 3.57. The molecule has 0 bridgehead atoms. The zero-order chi connectivity index (χ0) is 10.1. The number of aryl methyl sites for hydroxylation is 2. The first-order valence-electron chi connectivity index (χ1n) is 4.83. The van der Waals surface area contributed by atoms with Crippen LogP contribution in [-0.2, 0) is 19.9 Å². The SMILES string of the molecule is CC(=O)c1c2c(nn1C)CCSCC2. The van der Waals surface area contributed by atoms with Crippen molar-refractivity contribution >= 4 is 17.5 Å². The Morgan fingerprint density at radius 3 is 2.86 bits per heavy atom. The Labute approximate surface area is 87.9 Å². The number of Topliss-reactive ketones (excluding diaryl/α,β-unsaturated/α-hetero) is 1. The topological polar surface area (TPSA) is 34.9 Å². The highest BCUT2D eigenvalue weighted by Gasteiger charge is 2.20. The van der Waals surface area contributed by atoms with Gasteiger partial charge in [0.25, 0.3) is 0 Å². The number of nitrogens with zero attached hydrogens (tertiary/aromatic N) is 2. The van der Waals surface area contributed by atoms with Gasteiger partial charge in [-0.1, -0.05) is 0 Å². The fraction of sp³-hybridized carbons (Fsp3) is 0.600. The summed E-state index contributed by atoms with van der Waals surface area (Å²) in [6.07, 6.45) is 1.99. The summed E-state index contributed by atoms with van der Waals surface area (Å²) in [5, 5.41) is 4.41. The van der Waals surface area contributed by atoms with E-state index in [4.69, 9.17) is 0 Å². The lowest BCUT2D eigenvalue weighted by molar-refractivity contribution is 0.100. The lowest BCUT2D eigenvalue weighted by Crippen LogP contribution is -2.06. The van der Waals surface area contributed by atoms with E-state index in [9.17, 15) is 4.79 Å². The molecule has 0 unspecified atom stereocenters. The van der Waals surface area contributed by atoms with Gasteiger partial charge >= 0.3 is 0 Å². The predicted octanol–water partition coefficient (Wildman–Crippen LogP) is 1.45. The van der Waals surface area contributed by atoms with Crippen LogP contribution in [0, 0.1) is 0 Å². The first-order valence-corrected chi connectivity index (χ1v) is 5.99. The van der Waals surface area contributed by atoms with Crippen molar-refractivity contribution in [2.75, 3.05) is 11.5 Å². The molecule has 0 spiro atoms. The molecule has 0 aromatic carbocycles. The van der Waals surface area contributed by atoms with Crippen LogP contribution in [0.4, 0.5) is 0 Å². The number of thioether (sulfide) groups is 1. The average molecular weight is 210 g/mol. The molecule has 2 rings (SSSR count). The van der Waals surface area contributed by atoms with Crippen LogP contribution in [0.2, 0.25) is 0 Å². The van der Waals surface area contributed by atoms with Gasteiger partial charge in [0.1, 0.15) is 5.69 Å². The molecule has 1 aromatic rings. The molecule has 1 aromatic heterocycles. The third-order valence-corrected chi connectivity index (χ3v) is 3.53. The average Bonchev–Trinajstić information content (AvgIpc) is 2.31. The normalized spacial score (nSPS) is 16.1. The highest BCUT2D eigenvalue weighted by Crippen LogP contribution is 2.22. The number of rotatable bonds is 1. The van der Waals surface area contributed by atoms with Gasteiger partial charge in [-0.15, -0.1) is 0 Å². The van der Waals surface area contributed by atoms with Gasteiger partial charge in [-0.05, 0) is 17.9 Å². The fourth-order valence-corrected chi connectivity index (χ4v) is 2.86. The maximum Gasteiger partial charge on any atom is 0.178 e. The van der Waals surface area contributed by atoms with Gasteiger partial charge in [0.05, 0.1) is 5.69 Å². The predicted molar refractivity (Wildman–Crippen MR) is 57.9 cm³/mol. The molecule has 3 nitrogen and oxygen atoms in total. The third-order valence-electron chi connectivity index (χ3n) is 2.54. The molecule has 14 heavy (non-hydrogen) atoms. The van der Waals surface area contributed by atoms with E-state index in [1.165, 1.54) is 5.56 Å². The summed E-state index contributed by atoms with van der Waals surface area (Å²) in [4.78, 5) is 11.4. The molecular weight excluding hydrogens is 196 g/mol. The molecule has 1 aliphatic heterocycles. The van der Waals surface area contributed by atoms with Gasteiger partial charge in [0, 0.05) is 26.0 Å². The van der Waals surface area contributed by atoms with Crippen LogP contribution in [-0.4, -0.2) is 27.1 Å². The van der Waals surface area contributed by atoms with Crippen LogP contribution in [0.5, 0.6) is 0 Å². The summed E-state index contributed by atoms with van der Waals surface area (Å²) >= 11 is 1.94. The first-order chi connectivity index (χ1) is 6.70. The summed E-state index contributed by atoms with van der Waals surface area (Å²) in [6.45, 7) is 1.62. The van der Waals surface area contributed by atoms with Crippen molar-refractivity contribution in [1.82, 2.24) is 9.78 Å². The number of hydrogen-bond donors (Lipinski definition) is 0. The summed E-state index contributed by atoms with van der Waals surface area (Å²) in [6, 6.07) is 0. The van der Waals surface area contributed by atoms with Crippen molar-refractivity contribution in [3.63, 3.8) is 0 Å². The minimum atomic E-state index is 0.133. The molecule has 0 atom stereocenters. The number of hydrogen-bond acceptors (Lipinski definition) is 3. The number of fused-ring (bicyclic) bond motifs is 1. The van der Waals surface area contributed by atoms with Gasteiger partial charge in [-0.2, -0.15) is 16.9 Å². The molecule has 0 aliphatic carbocycles. The Balaban J connectivity index is 2.49. The standard InChI is InChI=1S/C10H14N2OS/c1-7(13)10-8-3-5-14-6-4-9(8)11-12(10)2/h3-6H2,1-2H3. The molecular formula is C10H14N2OS. The number of aromatic nitrogens is 2. The zero-order valence-corrected chi connectivity index (χ0v) is 9.36. The Kier molecular flexibility index (Phi) is 2.63. The van der Waals surface area contributed by atoms with Gasteiger partial charge in [0.15, 0.2) is 5.78 Å². The minimum absolute atomic E-state index is 0.133. The van der Waals surface area contributed by atoms with Crippen LogP contribution >= 0.6 is 11.8 Å². The largest absolute Gasteiger partial charge is 0.293 e. The second kappa shape index (κ2) is 3.77. The van der Waals surface area contributed by atoms with Crippen molar-refractivity contribution in [3.8, 4) is 0 Å². The quantitative estimate of drug-likeness (QED) is 0.658. The van der Waals surface area contributed by atoms with Gasteiger partial charge < -0.3 is 0 Å². The molecule has 0 radical (unpaired) electrons. The van der Waals surface area contributed by atoms with Crippen molar-refractivity contribution in [3.05, 3.63) is 17.0 Å². The molecule has 0 N–H and O–H groups in total. The van der Waals surface area contributed by atoms with Crippen LogP contribution in [0.1, 0.15) is 28.7 Å². The van der Waals surface area contributed by atoms with E-state index in [0.717, 1.165) is 35.7 Å². The highest BCUT2D eigenvalue weighted by molar-refractivity contribution is 7.99. The molecule has 0 saturated heterocycles. The summed E-state index contributed by atoms with van der Waals surface area (Å²) in [5.41, 5.74) is 3.12. The number of ketones is 1. The lowest BCUT2D eigenvalue weighted by atomic mass is 10.1. The van der Waals surface area contributed by atoms with Crippen molar-refractivity contribution < 1.29 is 4.79 Å². The maximum absolute atomic E-state index is 11.4. The van der Waals surface area contributed by atoms with Crippen LogP contribution in [0.25, 0.3) is 0 Å². The van der Waals surface area contributed by atoms with Crippen molar-refractivity contribution in [2.45, 2.75) is 19.8 Å². The minimum Gasteiger partial charge on any atom is -0.293 e. The number of carbonyl (C=O) groups is 1. The third kappa shape index (κ3) is 1.59. The summed E-state index contributed by atoms with van der Waals surface area (Å²) in [5.74, 6) is 2.37. The second-order valence-corrected chi connectivity index (χ2v) is 4.79. The van der Waals surface area contributed by atoms with E-state index in [1.54, 1.807) is 11.6 Å². The highest BCUT2D eigenvalue weighted by atomic mass is 32.2. The first kappa shape index (κ1) is 9.77. The van der Waals surface area contributed by atoms with E-state index < -0.39 is 0 Å². The van der Waals surface area contributed by atoms with Crippen molar-refractivity contribution in [1.29, 1.82) is 0 Å². The Bertz CT molecular complexity index is 370. The molecule has 0 fully saturated rings. The van der Waals surface area contributed by atoms with Crippen LogP contribution < -0.4 is 0 Å². The van der Waals surface area contributed by atoms with E-state index in [-0.39, 0.29) is 5.78 Å². The van der Waals surface area contributed by atoms with Crippen molar-refractivity contribution in [2.24, 2.45) is 7.05 Å². The zero-order valence-electron chi connectivity index (χ0n) is 8.54. The molecule has 0 saturated carbocycles. The van der Waals surface area contributed by atoms with Gasteiger partial charge in [0.2, 0.25) is 0 Å². The van der Waals surface area contributed by atoms with E-state index >= 15 is 0 Å². The molecule has 2 heterocycles. The number of carbonyl (C=O) groups excluding carboxylic acids is 1. The van der Waals surface area contributed by atoms with E-state index in [0.29, 0.717) is 0 Å². The van der Waals surface area contributed by atoms with Crippen LogP contribution in [0.3, 0.4) is 0 Å².